The molecule has 2 amide bonds. The number of amides is 2. The lowest BCUT2D eigenvalue weighted by Gasteiger charge is -2.28. The molecule has 0 spiro atoms. The number of hydrogen-bond acceptors (Lipinski definition) is 2. The monoisotopic (exact) mass is 270 g/mol. The minimum atomic E-state index is -0.875. The zero-order valence-corrected chi connectivity index (χ0v) is 12.2. The summed E-state index contributed by atoms with van der Waals surface area (Å²) in [6.07, 6.45) is 4.77. The van der Waals surface area contributed by atoms with Crippen LogP contribution < -0.4 is 10.6 Å². The highest BCUT2D eigenvalue weighted by Crippen LogP contribution is 2.37. The van der Waals surface area contributed by atoms with Gasteiger partial charge in [-0.2, -0.15) is 0 Å². The Morgan fingerprint density at radius 1 is 1.42 bits per heavy atom. The van der Waals surface area contributed by atoms with E-state index in [0.29, 0.717) is 6.42 Å². The van der Waals surface area contributed by atoms with Crippen molar-refractivity contribution in [2.75, 3.05) is 0 Å². The van der Waals surface area contributed by atoms with Crippen LogP contribution in [-0.4, -0.2) is 29.2 Å². The van der Waals surface area contributed by atoms with Crippen LogP contribution in [0.15, 0.2) is 0 Å². The normalized spacial score (nSPS) is 22.8. The van der Waals surface area contributed by atoms with Crippen molar-refractivity contribution in [2.24, 2.45) is 5.41 Å². The minimum Gasteiger partial charge on any atom is -0.481 e. The molecule has 1 saturated carbocycles. The topological polar surface area (TPSA) is 78.4 Å². The van der Waals surface area contributed by atoms with Crippen LogP contribution in [0, 0.1) is 5.41 Å². The molecule has 1 rings (SSSR count). The Balaban J connectivity index is 2.46. The van der Waals surface area contributed by atoms with E-state index in [1.54, 1.807) is 0 Å². The lowest BCUT2D eigenvalue weighted by molar-refractivity contribution is -0.137. The Hall–Kier alpha value is -1.26. The smallest absolute Gasteiger partial charge is 0.315 e. The first kappa shape index (κ1) is 15.8. The highest BCUT2D eigenvalue weighted by molar-refractivity contribution is 5.76. The molecule has 1 fully saturated rings. The van der Waals surface area contributed by atoms with E-state index in [9.17, 15) is 9.59 Å². The van der Waals surface area contributed by atoms with Gasteiger partial charge in [0.05, 0.1) is 6.42 Å². The minimum absolute atomic E-state index is 0.0185. The van der Waals surface area contributed by atoms with Gasteiger partial charge in [-0.05, 0) is 24.7 Å². The third-order valence-electron chi connectivity index (χ3n) is 3.96. The largest absolute Gasteiger partial charge is 0.481 e. The number of aliphatic carboxylic acids is 1. The summed E-state index contributed by atoms with van der Waals surface area (Å²) in [4.78, 5) is 22.7. The Morgan fingerprint density at radius 3 is 2.58 bits per heavy atom. The first-order valence-electron chi connectivity index (χ1n) is 7.14. The zero-order valence-electron chi connectivity index (χ0n) is 12.2. The lowest BCUT2D eigenvalue weighted by atomic mass is 9.87. The van der Waals surface area contributed by atoms with E-state index in [0.717, 1.165) is 25.7 Å². The van der Waals surface area contributed by atoms with E-state index in [4.69, 9.17) is 5.11 Å². The van der Waals surface area contributed by atoms with E-state index < -0.39 is 5.97 Å². The number of urea groups is 1. The summed E-state index contributed by atoms with van der Waals surface area (Å²) in [7, 11) is 0. The number of carbonyl (C=O) groups excluding carboxylic acids is 1. The van der Waals surface area contributed by atoms with Crippen LogP contribution in [0.4, 0.5) is 4.79 Å². The molecule has 0 heterocycles. The van der Waals surface area contributed by atoms with Crippen molar-refractivity contribution in [1.82, 2.24) is 10.6 Å². The number of rotatable bonds is 6. The summed E-state index contributed by atoms with van der Waals surface area (Å²) >= 11 is 0. The van der Waals surface area contributed by atoms with E-state index in [2.05, 4.69) is 24.5 Å². The van der Waals surface area contributed by atoms with E-state index in [-0.39, 0.29) is 30.0 Å². The van der Waals surface area contributed by atoms with Gasteiger partial charge in [-0.1, -0.05) is 33.6 Å². The molecule has 0 aromatic carbocycles. The zero-order chi connectivity index (χ0) is 14.5. The van der Waals surface area contributed by atoms with Gasteiger partial charge in [0.25, 0.3) is 0 Å². The Bertz CT molecular complexity index is 329. The molecule has 1 aliphatic carbocycles. The van der Waals surface area contributed by atoms with Crippen LogP contribution in [-0.2, 0) is 4.79 Å². The molecular weight excluding hydrogens is 244 g/mol. The summed E-state index contributed by atoms with van der Waals surface area (Å²) in [5.74, 6) is -0.875. The second kappa shape index (κ2) is 6.78. The van der Waals surface area contributed by atoms with Crippen LogP contribution in [0.3, 0.4) is 0 Å². The molecule has 0 aliphatic heterocycles. The van der Waals surface area contributed by atoms with Crippen molar-refractivity contribution in [3.63, 3.8) is 0 Å². The molecule has 5 heteroatoms. The Labute approximate surface area is 115 Å². The predicted octanol–water partition coefficient (Wildman–Crippen LogP) is 2.51. The van der Waals surface area contributed by atoms with Crippen LogP contribution >= 0.6 is 0 Å². The third kappa shape index (κ3) is 5.09. The fourth-order valence-corrected chi connectivity index (χ4v) is 2.76. The van der Waals surface area contributed by atoms with Crippen molar-refractivity contribution in [2.45, 2.75) is 71.4 Å². The molecule has 19 heavy (non-hydrogen) atoms. The number of carboxylic acid groups (broad SMARTS) is 1. The van der Waals surface area contributed by atoms with Crippen molar-refractivity contribution in [3.05, 3.63) is 0 Å². The molecule has 2 unspecified atom stereocenters. The second-order valence-electron chi connectivity index (χ2n) is 6.13. The van der Waals surface area contributed by atoms with Crippen LogP contribution in [0.25, 0.3) is 0 Å². The molecule has 0 aromatic heterocycles. The summed E-state index contributed by atoms with van der Waals surface area (Å²) in [5.41, 5.74) is 0.129. The lowest BCUT2D eigenvalue weighted by Crippen LogP contribution is -2.49. The van der Waals surface area contributed by atoms with Crippen LogP contribution in [0.2, 0.25) is 0 Å². The molecule has 0 aromatic rings. The maximum Gasteiger partial charge on any atom is 0.315 e. The first-order chi connectivity index (χ1) is 8.85. The van der Waals surface area contributed by atoms with Crippen molar-refractivity contribution in [3.8, 4) is 0 Å². The van der Waals surface area contributed by atoms with Crippen molar-refractivity contribution >= 4 is 12.0 Å². The van der Waals surface area contributed by atoms with Crippen LogP contribution in [0.1, 0.15) is 59.3 Å². The van der Waals surface area contributed by atoms with Crippen molar-refractivity contribution in [1.29, 1.82) is 0 Å². The van der Waals surface area contributed by atoms with Gasteiger partial charge in [0, 0.05) is 12.1 Å². The van der Waals surface area contributed by atoms with Gasteiger partial charge in [-0.15, -0.1) is 0 Å². The molecule has 2 atom stereocenters. The van der Waals surface area contributed by atoms with Gasteiger partial charge in [0.1, 0.15) is 0 Å². The summed E-state index contributed by atoms with van der Waals surface area (Å²) in [6.45, 7) is 6.30. The Morgan fingerprint density at radius 2 is 2.11 bits per heavy atom. The average Bonchev–Trinajstić information content (AvgIpc) is 2.57. The molecule has 0 radical (unpaired) electrons. The molecule has 0 bridgehead atoms. The fourth-order valence-electron chi connectivity index (χ4n) is 2.76. The average molecular weight is 270 g/mol. The molecule has 0 saturated heterocycles. The van der Waals surface area contributed by atoms with Gasteiger partial charge in [0.15, 0.2) is 0 Å². The second-order valence-corrected chi connectivity index (χ2v) is 6.13. The first-order valence-corrected chi connectivity index (χ1v) is 7.14. The molecule has 3 N–H and O–H groups in total. The number of hydrogen-bond donors (Lipinski definition) is 3. The maximum absolute atomic E-state index is 11.9. The van der Waals surface area contributed by atoms with E-state index >= 15 is 0 Å². The maximum atomic E-state index is 11.9. The summed E-state index contributed by atoms with van der Waals surface area (Å²) in [5, 5.41) is 14.6. The quantitative estimate of drug-likeness (QED) is 0.694. The van der Waals surface area contributed by atoms with Crippen LogP contribution in [0.5, 0.6) is 0 Å². The number of carbonyl (C=O) groups is 2. The summed E-state index contributed by atoms with van der Waals surface area (Å²) < 4.78 is 0. The Kier molecular flexibility index (Phi) is 5.63. The molecule has 5 nitrogen and oxygen atoms in total. The van der Waals surface area contributed by atoms with Gasteiger partial charge in [-0.25, -0.2) is 4.79 Å². The number of nitrogens with one attached hydrogen (secondary N) is 2. The third-order valence-corrected chi connectivity index (χ3v) is 3.96. The highest BCUT2D eigenvalue weighted by Gasteiger charge is 2.35. The molecular formula is C14H26N2O3. The molecule has 1 aliphatic rings. The van der Waals surface area contributed by atoms with E-state index in [1.165, 1.54) is 0 Å². The SMILES string of the molecule is CCCC(CC(=O)O)NC(=O)NC1CCCC1(C)C. The number of carboxylic acids is 1. The van der Waals surface area contributed by atoms with E-state index in [1.807, 2.05) is 6.92 Å². The van der Waals surface area contributed by atoms with Gasteiger partial charge < -0.3 is 15.7 Å². The molecule has 110 valence electrons. The highest BCUT2D eigenvalue weighted by atomic mass is 16.4. The van der Waals surface area contributed by atoms with Gasteiger partial charge in [-0.3, -0.25) is 4.79 Å². The van der Waals surface area contributed by atoms with Gasteiger partial charge in [0.2, 0.25) is 0 Å². The summed E-state index contributed by atoms with van der Waals surface area (Å²) in [6, 6.07) is -0.341. The van der Waals surface area contributed by atoms with Crippen molar-refractivity contribution < 1.29 is 14.7 Å². The standard InChI is InChI=1S/C14H26N2O3/c1-4-6-10(9-12(17)18)15-13(19)16-11-7-5-8-14(11,2)3/h10-11H,4-9H2,1-3H3,(H,17,18)(H2,15,16,19). The predicted molar refractivity (Wildman–Crippen MR) is 74.0 cm³/mol. The fraction of sp³-hybridized carbons (Fsp3) is 0.857. The van der Waals surface area contributed by atoms with Gasteiger partial charge >= 0.3 is 12.0 Å².